The molecular weight excluding hydrogens is 399 g/mol. The van der Waals surface area contributed by atoms with Crippen molar-refractivity contribution in [1.29, 1.82) is 0 Å². The summed E-state index contributed by atoms with van der Waals surface area (Å²) < 4.78 is 19.7. The Hall–Kier alpha value is -4.27. The molecule has 1 heterocycles. The number of halogens is 1. The van der Waals surface area contributed by atoms with Gasteiger partial charge in [-0.2, -0.15) is 4.98 Å². The van der Waals surface area contributed by atoms with Crippen LogP contribution in [0.2, 0.25) is 0 Å². The molecule has 3 aromatic rings. The largest absolute Gasteiger partial charge is 0.492 e. The molecule has 31 heavy (non-hydrogen) atoms. The van der Waals surface area contributed by atoms with E-state index >= 15 is 0 Å². The van der Waals surface area contributed by atoms with Gasteiger partial charge in [0, 0.05) is 17.1 Å². The smallest absolute Gasteiger partial charge is 0.247 e. The topological polar surface area (TPSA) is 101 Å². The third-order valence-corrected chi connectivity index (χ3v) is 3.95. The minimum atomic E-state index is -0.620. The van der Waals surface area contributed by atoms with Crippen LogP contribution in [0, 0.1) is 5.82 Å². The van der Waals surface area contributed by atoms with Crippen molar-refractivity contribution in [3.63, 3.8) is 0 Å². The molecule has 0 fully saturated rings. The summed E-state index contributed by atoms with van der Waals surface area (Å²) in [7, 11) is 0. The summed E-state index contributed by atoms with van der Waals surface area (Å²) in [5, 5.41) is 8.55. The Balaban J connectivity index is 1.69. The van der Waals surface area contributed by atoms with Crippen LogP contribution >= 0.6 is 0 Å². The quantitative estimate of drug-likeness (QED) is 0.257. The molecule has 2 aromatic carbocycles. The van der Waals surface area contributed by atoms with Gasteiger partial charge >= 0.3 is 0 Å². The summed E-state index contributed by atoms with van der Waals surface area (Å²) in [5.41, 5.74) is 1.79. The minimum Gasteiger partial charge on any atom is -0.492 e. The lowest BCUT2D eigenvalue weighted by Crippen LogP contribution is -2.07. The molecule has 9 heteroatoms. The molecule has 0 saturated carbocycles. The zero-order valence-electron chi connectivity index (χ0n) is 16.6. The van der Waals surface area contributed by atoms with E-state index in [0.717, 1.165) is 6.20 Å². The van der Waals surface area contributed by atoms with E-state index in [0.29, 0.717) is 36.0 Å². The number of nitrogens with zero attached hydrogens (tertiary/aromatic N) is 3. The number of rotatable bonds is 10. The summed E-state index contributed by atoms with van der Waals surface area (Å²) in [6, 6.07) is 14.0. The van der Waals surface area contributed by atoms with Gasteiger partial charge in [-0.15, -0.1) is 0 Å². The second-order valence-electron chi connectivity index (χ2n) is 6.23. The third-order valence-electron chi connectivity index (χ3n) is 3.95. The van der Waals surface area contributed by atoms with E-state index in [1.165, 1.54) is 6.08 Å². The predicted molar refractivity (Wildman–Crippen MR) is 120 cm³/mol. The van der Waals surface area contributed by atoms with Crippen molar-refractivity contribution in [1.82, 2.24) is 9.97 Å². The molecule has 1 aromatic heterocycles. The summed E-state index contributed by atoms with van der Waals surface area (Å²) in [4.78, 5) is 23.3. The average molecular weight is 420 g/mol. The molecule has 0 aliphatic rings. The van der Waals surface area contributed by atoms with Gasteiger partial charge in [0.25, 0.3) is 0 Å². The van der Waals surface area contributed by atoms with Gasteiger partial charge in [0.05, 0.1) is 12.7 Å². The lowest BCUT2D eigenvalue weighted by atomic mass is 10.2. The Morgan fingerprint density at radius 1 is 1.13 bits per heavy atom. The van der Waals surface area contributed by atoms with Gasteiger partial charge in [-0.3, -0.25) is 9.79 Å². The van der Waals surface area contributed by atoms with Gasteiger partial charge in [-0.1, -0.05) is 12.6 Å². The molecule has 158 valence electrons. The second kappa shape index (κ2) is 10.5. The van der Waals surface area contributed by atoms with Crippen LogP contribution in [-0.4, -0.2) is 35.7 Å². The molecule has 3 N–H and O–H groups in total. The number of carbonyl (C=O) groups is 1. The molecule has 0 bridgehead atoms. The van der Waals surface area contributed by atoms with Gasteiger partial charge in [-0.25, -0.2) is 9.37 Å². The van der Waals surface area contributed by atoms with Gasteiger partial charge in [0.1, 0.15) is 12.4 Å². The van der Waals surface area contributed by atoms with Crippen molar-refractivity contribution in [2.24, 2.45) is 4.99 Å². The second-order valence-corrected chi connectivity index (χ2v) is 6.23. The molecule has 8 nitrogen and oxygen atoms in total. The van der Waals surface area contributed by atoms with Crippen molar-refractivity contribution >= 4 is 41.5 Å². The number of carbonyl (C=O) groups excluding carboxylic acids is 1. The Bertz CT molecular complexity index is 1070. The first kappa shape index (κ1) is 21.4. The molecular formula is C22H21FN6O2. The van der Waals surface area contributed by atoms with Gasteiger partial charge in [0.2, 0.25) is 11.9 Å². The van der Waals surface area contributed by atoms with Crippen LogP contribution in [0.3, 0.4) is 0 Å². The number of aromatic nitrogens is 2. The maximum Gasteiger partial charge on any atom is 0.247 e. The van der Waals surface area contributed by atoms with Gasteiger partial charge in [-0.05, 0) is 55.3 Å². The highest BCUT2D eigenvalue weighted by molar-refractivity contribution is 5.99. The summed E-state index contributed by atoms with van der Waals surface area (Å²) >= 11 is 0. The first-order valence-electron chi connectivity index (χ1n) is 9.33. The average Bonchev–Trinajstić information content (AvgIpc) is 2.77. The summed E-state index contributed by atoms with van der Waals surface area (Å²) in [6.07, 6.45) is 2.24. The van der Waals surface area contributed by atoms with Crippen LogP contribution < -0.4 is 20.7 Å². The van der Waals surface area contributed by atoms with E-state index < -0.39 is 5.82 Å². The predicted octanol–water partition coefficient (Wildman–Crippen LogP) is 4.31. The number of hydrogen-bond donors (Lipinski definition) is 3. The lowest BCUT2D eigenvalue weighted by Gasteiger charge is -2.11. The molecule has 1 amide bonds. The fourth-order valence-electron chi connectivity index (χ4n) is 2.51. The molecule has 0 aliphatic heterocycles. The van der Waals surface area contributed by atoms with Crippen molar-refractivity contribution in [2.75, 3.05) is 29.1 Å². The molecule has 3 rings (SSSR count). The molecule has 0 unspecified atom stereocenters. The summed E-state index contributed by atoms with van der Waals surface area (Å²) in [6.45, 7) is 7.78. The van der Waals surface area contributed by atoms with E-state index in [-0.39, 0.29) is 17.7 Å². The molecule has 0 atom stereocenters. The van der Waals surface area contributed by atoms with Crippen molar-refractivity contribution in [2.45, 2.75) is 0 Å². The standard InChI is InChI=1S/C22H21FN6O2/c1-3-20(30)26-16-5-4-6-17(13-16)27-21-19(23)14-25-22(29-21)28-15-7-9-18(10-8-15)31-12-11-24-2/h3-10,13-14H,1-2,11-12H2,(H,26,30)(H2,25,27,28,29). The van der Waals surface area contributed by atoms with Gasteiger partial charge in [0.15, 0.2) is 11.6 Å². The van der Waals surface area contributed by atoms with Gasteiger partial charge < -0.3 is 20.7 Å². The minimum absolute atomic E-state index is 0.0124. The first-order chi connectivity index (χ1) is 15.1. The van der Waals surface area contributed by atoms with E-state index in [4.69, 9.17) is 4.74 Å². The Kier molecular flexibility index (Phi) is 7.26. The SMILES string of the molecule is C=CC(=O)Nc1cccc(Nc2nc(Nc3ccc(OCCN=C)cc3)ncc2F)c1. The highest BCUT2D eigenvalue weighted by atomic mass is 19.1. The monoisotopic (exact) mass is 420 g/mol. The Morgan fingerprint density at radius 3 is 2.65 bits per heavy atom. The maximum atomic E-state index is 14.2. The highest BCUT2D eigenvalue weighted by Crippen LogP contribution is 2.23. The summed E-state index contributed by atoms with van der Waals surface area (Å²) in [5.74, 6) is -0.0672. The number of nitrogens with one attached hydrogen (secondary N) is 3. The zero-order chi connectivity index (χ0) is 22.1. The van der Waals surface area contributed by atoms with Crippen LogP contribution in [0.15, 0.2) is 72.4 Å². The fraction of sp³-hybridized carbons (Fsp3) is 0.0909. The number of aliphatic imine (C=N–C) groups is 1. The fourth-order valence-corrected chi connectivity index (χ4v) is 2.51. The van der Waals surface area contributed by atoms with Crippen LogP contribution in [0.5, 0.6) is 5.75 Å². The molecule has 0 aliphatic carbocycles. The Morgan fingerprint density at radius 2 is 1.90 bits per heavy atom. The number of hydrogen-bond acceptors (Lipinski definition) is 7. The van der Waals surface area contributed by atoms with Crippen molar-refractivity contribution < 1.29 is 13.9 Å². The van der Waals surface area contributed by atoms with Crippen LogP contribution in [-0.2, 0) is 4.79 Å². The number of anilines is 5. The molecule has 0 spiro atoms. The number of amides is 1. The van der Waals surface area contributed by atoms with E-state index in [2.05, 4.69) is 44.2 Å². The molecule has 0 radical (unpaired) electrons. The van der Waals surface area contributed by atoms with Crippen LogP contribution in [0.1, 0.15) is 0 Å². The highest BCUT2D eigenvalue weighted by Gasteiger charge is 2.09. The van der Waals surface area contributed by atoms with Crippen molar-refractivity contribution in [3.8, 4) is 5.75 Å². The molecule has 0 saturated heterocycles. The normalized spacial score (nSPS) is 10.1. The maximum absolute atomic E-state index is 14.2. The number of ether oxygens (including phenoxy) is 1. The Labute approximate surface area is 178 Å². The van der Waals surface area contributed by atoms with Crippen LogP contribution in [0.4, 0.5) is 33.2 Å². The van der Waals surface area contributed by atoms with E-state index in [9.17, 15) is 9.18 Å². The zero-order valence-corrected chi connectivity index (χ0v) is 16.6. The van der Waals surface area contributed by atoms with E-state index in [1.807, 2.05) is 0 Å². The van der Waals surface area contributed by atoms with E-state index in [1.54, 1.807) is 48.5 Å². The third kappa shape index (κ3) is 6.36. The van der Waals surface area contributed by atoms with Crippen LogP contribution in [0.25, 0.3) is 0 Å². The first-order valence-corrected chi connectivity index (χ1v) is 9.33. The number of benzene rings is 2. The van der Waals surface area contributed by atoms with Crippen molar-refractivity contribution in [3.05, 3.63) is 73.2 Å². The lowest BCUT2D eigenvalue weighted by molar-refractivity contribution is -0.111.